The van der Waals surface area contributed by atoms with E-state index >= 15 is 0 Å². The number of H-pyrrole nitrogens is 1. The molecule has 4 unspecified atom stereocenters. The molecule has 3 fully saturated rings. The number of fused-ring (bicyclic) bond motifs is 1. The summed E-state index contributed by atoms with van der Waals surface area (Å²) in [6, 6.07) is 5.08. The molecule has 5 N–H and O–H groups in total. The number of piperidine rings is 1. The van der Waals surface area contributed by atoms with E-state index in [0.29, 0.717) is 52.3 Å². The van der Waals surface area contributed by atoms with Crippen LogP contribution < -0.4 is 30.9 Å². The summed E-state index contributed by atoms with van der Waals surface area (Å²) in [7, 11) is 0.327. The number of pyridine rings is 1. The van der Waals surface area contributed by atoms with E-state index in [1.807, 2.05) is 52.8 Å². The SMILES string of the molecule is CN[C@@H](C)C(=O)NC(C(=O)N1CC(NC(=O)c2ccc(N3CCC(CCCOc4cc5ncnc(Nc6n[nH]c(C)c6C)c5cc4S(=O)C(C)(C)C)CC3)nc2)CC1C=O)C1CCCCC1. The van der Waals surface area contributed by atoms with Gasteiger partial charge in [0.05, 0.1) is 45.5 Å². The Balaban J connectivity index is 0.896. The van der Waals surface area contributed by atoms with Crippen molar-refractivity contribution in [1.29, 1.82) is 0 Å². The second-order valence-electron chi connectivity index (χ2n) is 19.2. The number of aldehydes is 1. The van der Waals surface area contributed by atoms with Gasteiger partial charge in [-0.3, -0.25) is 23.7 Å². The van der Waals surface area contributed by atoms with E-state index in [4.69, 9.17) is 4.74 Å². The number of likely N-dealkylation sites (N-methyl/N-ethyl adjacent to an activating group) is 1. The quantitative estimate of drug-likeness (QED) is 0.0639. The van der Waals surface area contributed by atoms with Gasteiger partial charge in [0.2, 0.25) is 11.8 Å². The van der Waals surface area contributed by atoms with Crippen LogP contribution in [-0.2, 0) is 25.2 Å². The number of aromatic nitrogens is 5. The van der Waals surface area contributed by atoms with Gasteiger partial charge >= 0.3 is 0 Å². The maximum absolute atomic E-state index is 14.0. The van der Waals surface area contributed by atoms with Crippen molar-refractivity contribution in [2.45, 2.75) is 140 Å². The summed E-state index contributed by atoms with van der Waals surface area (Å²) < 4.78 is 19.7. The van der Waals surface area contributed by atoms with Crippen molar-refractivity contribution in [1.82, 2.24) is 46.0 Å². The number of hydrogen-bond acceptors (Lipinski definition) is 13. The first-order valence-corrected chi connectivity index (χ1v) is 24.7. The molecule has 1 aliphatic carbocycles. The lowest BCUT2D eigenvalue weighted by molar-refractivity contribution is -0.140. The number of benzene rings is 1. The van der Waals surface area contributed by atoms with Crippen LogP contribution in [0.1, 0.15) is 114 Å². The molecule has 17 nitrogen and oxygen atoms in total. The number of aromatic amines is 1. The lowest BCUT2D eigenvalue weighted by Gasteiger charge is -2.34. The molecule has 3 aromatic heterocycles. The molecular weight excluding hydrogens is 859 g/mol. The number of nitrogens with zero attached hydrogens (tertiary/aromatic N) is 6. The summed E-state index contributed by atoms with van der Waals surface area (Å²) in [6.45, 7) is 13.9. The zero-order valence-electron chi connectivity index (χ0n) is 39.4. The lowest BCUT2D eigenvalue weighted by Crippen LogP contribution is -2.57. The van der Waals surface area contributed by atoms with Crippen molar-refractivity contribution in [3.63, 3.8) is 0 Å². The van der Waals surface area contributed by atoms with E-state index < -0.39 is 39.7 Å². The van der Waals surface area contributed by atoms with Gasteiger partial charge in [-0.2, -0.15) is 5.10 Å². The van der Waals surface area contributed by atoms with E-state index in [0.717, 1.165) is 99.6 Å². The zero-order chi connectivity index (χ0) is 47.1. The number of nitrogens with one attached hydrogen (secondary N) is 5. The first-order valence-electron chi connectivity index (χ1n) is 23.5. The first kappa shape index (κ1) is 48.4. The molecule has 0 spiro atoms. The van der Waals surface area contributed by atoms with Gasteiger partial charge < -0.3 is 40.6 Å². The van der Waals surface area contributed by atoms with Crippen LogP contribution in [0, 0.1) is 25.7 Å². The molecule has 0 bridgehead atoms. The zero-order valence-corrected chi connectivity index (χ0v) is 40.3. The Hall–Kier alpha value is -5.49. The molecule has 0 radical (unpaired) electrons. The molecule has 5 atom stereocenters. The van der Waals surface area contributed by atoms with Crippen molar-refractivity contribution < 1.29 is 28.1 Å². The van der Waals surface area contributed by atoms with Crippen molar-refractivity contribution in [2.24, 2.45) is 11.8 Å². The minimum Gasteiger partial charge on any atom is -0.492 e. The Labute approximate surface area is 390 Å². The average molecular weight is 926 g/mol. The van der Waals surface area contributed by atoms with Gasteiger partial charge in [-0.1, -0.05) is 19.3 Å². The summed E-state index contributed by atoms with van der Waals surface area (Å²) in [5.74, 6) is 2.31. The van der Waals surface area contributed by atoms with E-state index in [1.54, 1.807) is 26.2 Å². The lowest BCUT2D eigenvalue weighted by atomic mass is 9.83. The summed E-state index contributed by atoms with van der Waals surface area (Å²) in [5.41, 5.74) is 3.03. The number of carbonyl (C=O) groups is 4. The smallest absolute Gasteiger partial charge is 0.253 e. The fourth-order valence-corrected chi connectivity index (χ4v) is 10.4. The topological polar surface area (TPSA) is 217 Å². The average Bonchev–Trinajstić information content (AvgIpc) is 3.89. The van der Waals surface area contributed by atoms with Crippen LogP contribution in [0.5, 0.6) is 5.75 Å². The van der Waals surface area contributed by atoms with Gasteiger partial charge in [0.15, 0.2) is 5.82 Å². The third kappa shape index (κ3) is 11.4. The summed E-state index contributed by atoms with van der Waals surface area (Å²) >= 11 is 0. The first-order chi connectivity index (χ1) is 31.6. The van der Waals surface area contributed by atoms with Crippen LogP contribution in [0.2, 0.25) is 0 Å². The van der Waals surface area contributed by atoms with Gasteiger partial charge in [-0.05, 0) is 124 Å². The van der Waals surface area contributed by atoms with Gasteiger partial charge in [0, 0.05) is 59.3 Å². The van der Waals surface area contributed by atoms with Crippen molar-refractivity contribution >= 4 is 63.2 Å². The highest BCUT2D eigenvalue weighted by molar-refractivity contribution is 7.86. The molecule has 3 amide bonds. The minimum absolute atomic E-state index is 0.00255. The highest BCUT2D eigenvalue weighted by Crippen LogP contribution is 2.36. The Morgan fingerprint density at radius 3 is 2.42 bits per heavy atom. The second kappa shape index (κ2) is 21.4. The molecule has 4 aromatic rings. The number of rotatable bonds is 17. The van der Waals surface area contributed by atoms with Crippen LogP contribution in [0.3, 0.4) is 0 Å². The normalized spacial score (nSPS) is 19.9. The van der Waals surface area contributed by atoms with E-state index in [-0.39, 0.29) is 30.2 Å². The number of amides is 3. The number of likely N-dealkylation sites (tertiary alicyclic amines) is 1. The molecule has 1 saturated carbocycles. The van der Waals surface area contributed by atoms with E-state index in [2.05, 4.69) is 51.3 Å². The molecular formula is C48H67N11O6S. The van der Waals surface area contributed by atoms with Crippen LogP contribution >= 0.6 is 0 Å². The minimum atomic E-state index is -1.37. The van der Waals surface area contributed by atoms with E-state index in [9.17, 15) is 23.4 Å². The largest absolute Gasteiger partial charge is 0.492 e. The van der Waals surface area contributed by atoms with Crippen LogP contribution in [0.15, 0.2) is 41.7 Å². The Morgan fingerprint density at radius 1 is 1.02 bits per heavy atom. The molecule has 356 valence electrons. The molecule has 7 rings (SSSR count). The third-order valence-electron chi connectivity index (χ3n) is 13.5. The molecule has 3 aliphatic rings. The molecule has 18 heteroatoms. The highest BCUT2D eigenvalue weighted by atomic mass is 32.2. The molecule has 2 saturated heterocycles. The van der Waals surface area contributed by atoms with Crippen LogP contribution in [0.4, 0.5) is 17.5 Å². The van der Waals surface area contributed by atoms with Crippen molar-refractivity contribution in [3.8, 4) is 5.75 Å². The molecule has 5 heterocycles. The van der Waals surface area contributed by atoms with Crippen molar-refractivity contribution in [2.75, 3.05) is 43.5 Å². The number of anilines is 3. The number of aryl methyl sites for hydroxylation is 1. The fourth-order valence-electron chi connectivity index (χ4n) is 9.24. The predicted octanol–water partition coefficient (Wildman–Crippen LogP) is 5.66. The van der Waals surface area contributed by atoms with Crippen LogP contribution in [-0.4, -0.2) is 120 Å². The standard InChI is InChI=1S/C48H67N11O6S/c1-29-30(2)56-57-43(29)55-44-37-23-40(66(64)48(4,5)6)39(24-38(37)51-28-52-44)65-21-11-12-32-17-19-58(20-18-32)41-16-15-34(25-50-41)46(62)53-35-22-36(27-60)59(26-35)47(63)42(33-13-9-8-10-14-33)54-45(61)31(3)49-7/h15-16,23-25,27-28,31-33,35-36,42,49H,8-14,17-22,26H2,1-7H3,(H,53,62)(H,54,61)(H2,51,52,55,56,57)/t31-,35?,36?,42?,66?/m0/s1. The Morgan fingerprint density at radius 2 is 1.77 bits per heavy atom. The Kier molecular flexibility index (Phi) is 15.7. The van der Waals surface area contributed by atoms with Gasteiger partial charge in [-0.15, -0.1) is 0 Å². The van der Waals surface area contributed by atoms with E-state index in [1.165, 1.54) is 11.2 Å². The highest BCUT2D eigenvalue weighted by Gasteiger charge is 2.42. The summed E-state index contributed by atoms with van der Waals surface area (Å²) in [6.07, 6.45) is 12.7. The second-order valence-corrected chi connectivity index (χ2v) is 21.4. The number of hydrogen-bond donors (Lipinski definition) is 5. The summed E-state index contributed by atoms with van der Waals surface area (Å²) in [5, 5.41) is 20.4. The molecule has 66 heavy (non-hydrogen) atoms. The molecule has 1 aromatic carbocycles. The fraction of sp³-hybridized carbons (Fsp3) is 0.583. The summed E-state index contributed by atoms with van der Waals surface area (Å²) in [4.78, 5) is 70.7. The molecule has 2 aliphatic heterocycles. The predicted molar refractivity (Wildman–Crippen MR) is 255 cm³/mol. The third-order valence-corrected chi connectivity index (χ3v) is 15.4. The Bertz CT molecular complexity index is 2370. The number of carbonyl (C=O) groups excluding carboxylic acids is 4. The van der Waals surface area contributed by atoms with Gasteiger partial charge in [0.1, 0.15) is 36.0 Å². The monoisotopic (exact) mass is 925 g/mol. The maximum atomic E-state index is 14.0. The van der Waals surface area contributed by atoms with Gasteiger partial charge in [-0.25, -0.2) is 15.0 Å². The van der Waals surface area contributed by atoms with Gasteiger partial charge in [0.25, 0.3) is 5.91 Å². The number of ether oxygens (including phenoxy) is 1. The maximum Gasteiger partial charge on any atom is 0.253 e. The van der Waals surface area contributed by atoms with Crippen molar-refractivity contribution in [3.05, 3.63) is 53.6 Å². The van der Waals surface area contributed by atoms with Crippen LogP contribution in [0.25, 0.3) is 10.9 Å².